The van der Waals surface area contributed by atoms with Crippen molar-refractivity contribution in [2.75, 3.05) is 13.1 Å². The Bertz CT molecular complexity index is 619. The number of rotatable bonds is 6. The number of aromatic nitrogens is 3. The van der Waals surface area contributed by atoms with Crippen LogP contribution in [0.15, 0.2) is 12.4 Å². The molecule has 0 spiro atoms. The molecule has 2 rings (SSSR count). The summed E-state index contributed by atoms with van der Waals surface area (Å²) in [6.07, 6.45) is 3.65. The van der Waals surface area contributed by atoms with Crippen LogP contribution in [-0.2, 0) is 7.05 Å². The van der Waals surface area contributed by atoms with Gasteiger partial charge in [0.15, 0.2) is 0 Å². The van der Waals surface area contributed by atoms with Gasteiger partial charge in [-0.3, -0.25) is 9.48 Å². The van der Waals surface area contributed by atoms with E-state index in [1.54, 1.807) is 10.9 Å². The minimum atomic E-state index is -0.0649. The van der Waals surface area contributed by atoms with E-state index in [0.29, 0.717) is 11.4 Å². The fourth-order valence-electron chi connectivity index (χ4n) is 2.01. The predicted octanol–water partition coefficient (Wildman–Crippen LogP) is 1.58. The van der Waals surface area contributed by atoms with E-state index in [1.807, 2.05) is 34.0 Å². The zero-order valence-corrected chi connectivity index (χ0v) is 13.6. The summed E-state index contributed by atoms with van der Waals surface area (Å²) in [6.45, 7) is 7.45. The summed E-state index contributed by atoms with van der Waals surface area (Å²) in [5, 5.41) is 11.2. The highest BCUT2D eigenvalue weighted by molar-refractivity contribution is 7.17. The van der Waals surface area contributed by atoms with Gasteiger partial charge in [-0.1, -0.05) is 6.92 Å². The molecule has 0 saturated carbocycles. The number of likely N-dealkylation sites (N-methyl/N-ethyl adjacent to an activating group) is 1. The van der Waals surface area contributed by atoms with Crippen LogP contribution in [0.2, 0.25) is 0 Å². The first kappa shape index (κ1) is 15.7. The molecule has 21 heavy (non-hydrogen) atoms. The number of nitrogens with zero attached hydrogens (tertiary/aromatic N) is 3. The maximum Gasteiger partial charge on any atom is 0.263 e. The molecule has 0 aliphatic carbocycles. The van der Waals surface area contributed by atoms with Crippen LogP contribution < -0.4 is 10.6 Å². The van der Waals surface area contributed by atoms with Gasteiger partial charge in [0.05, 0.1) is 11.9 Å². The van der Waals surface area contributed by atoms with Gasteiger partial charge in [-0.15, -0.1) is 11.3 Å². The molecule has 2 heterocycles. The van der Waals surface area contributed by atoms with Crippen molar-refractivity contribution < 1.29 is 4.79 Å². The topological polar surface area (TPSA) is 71.8 Å². The standard InChI is InChI=1S/C14H21N5OS/c1-5-15-9(2)6-16-13(20)12-10(3)18-14(21-12)11-7-17-19(4)8-11/h7-9,15H,5-6H2,1-4H3,(H,16,20)/t9-/m1/s1. The predicted molar refractivity (Wildman–Crippen MR) is 84.5 cm³/mol. The van der Waals surface area contributed by atoms with Crippen LogP contribution in [0.1, 0.15) is 29.2 Å². The van der Waals surface area contributed by atoms with Gasteiger partial charge < -0.3 is 10.6 Å². The first-order valence-corrected chi connectivity index (χ1v) is 7.81. The number of aryl methyl sites for hydroxylation is 2. The van der Waals surface area contributed by atoms with Crippen molar-refractivity contribution >= 4 is 17.2 Å². The van der Waals surface area contributed by atoms with E-state index in [0.717, 1.165) is 22.8 Å². The van der Waals surface area contributed by atoms with Crippen molar-refractivity contribution in [2.45, 2.75) is 26.8 Å². The van der Waals surface area contributed by atoms with Crippen LogP contribution >= 0.6 is 11.3 Å². The second-order valence-corrected chi connectivity index (χ2v) is 6.00. The number of amides is 1. The third-order valence-corrected chi connectivity index (χ3v) is 4.28. The monoisotopic (exact) mass is 307 g/mol. The van der Waals surface area contributed by atoms with Gasteiger partial charge >= 0.3 is 0 Å². The molecular weight excluding hydrogens is 286 g/mol. The van der Waals surface area contributed by atoms with Crippen LogP contribution in [0.5, 0.6) is 0 Å². The van der Waals surface area contributed by atoms with Crippen LogP contribution in [-0.4, -0.2) is 39.8 Å². The minimum absolute atomic E-state index is 0.0649. The number of carbonyl (C=O) groups excluding carboxylic acids is 1. The Balaban J connectivity index is 2.06. The molecule has 0 aliphatic rings. The van der Waals surface area contributed by atoms with Crippen molar-refractivity contribution in [1.82, 2.24) is 25.4 Å². The largest absolute Gasteiger partial charge is 0.350 e. The van der Waals surface area contributed by atoms with Gasteiger partial charge in [0.25, 0.3) is 5.91 Å². The zero-order valence-electron chi connectivity index (χ0n) is 12.8. The summed E-state index contributed by atoms with van der Waals surface area (Å²) >= 11 is 1.40. The van der Waals surface area contributed by atoms with Gasteiger partial charge in [0, 0.05) is 31.4 Å². The Kier molecular flexibility index (Phi) is 5.08. The maximum absolute atomic E-state index is 12.2. The van der Waals surface area contributed by atoms with Crippen molar-refractivity contribution in [1.29, 1.82) is 0 Å². The van der Waals surface area contributed by atoms with Crippen molar-refractivity contribution in [3.8, 4) is 10.6 Å². The van der Waals surface area contributed by atoms with Crippen LogP contribution in [0, 0.1) is 6.92 Å². The van der Waals surface area contributed by atoms with Gasteiger partial charge in [0.1, 0.15) is 9.88 Å². The third-order valence-electron chi connectivity index (χ3n) is 3.08. The Morgan fingerprint density at radius 1 is 1.52 bits per heavy atom. The van der Waals surface area contributed by atoms with Gasteiger partial charge in [-0.2, -0.15) is 5.10 Å². The molecule has 2 aromatic heterocycles. The third kappa shape index (κ3) is 3.89. The fourth-order valence-corrected chi connectivity index (χ4v) is 2.97. The molecule has 1 amide bonds. The summed E-state index contributed by atoms with van der Waals surface area (Å²) in [6, 6.07) is 0.255. The van der Waals surface area contributed by atoms with E-state index in [9.17, 15) is 4.79 Å². The Morgan fingerprint density at radius 3 is 2.90 bits per heavy atom. The zero-order chi connectivity index (χ0) is 15.4. The minimum Gasteiger partial charge on any atom is -0.350 e. The first-order valence-electron chi connectivity index (χ1n) is 6.99. The molecule has 0 aliphatic heterocycles. The Morgan fingerprint density at radius 2 is 2.29 bits per heavy atom. The summed E-state index contributed by atoms with van der Waals surface area (Å²) in [5.74, 6) is -0.0649. The highest BCUT2D eigenvalue weighted by atomic mass is 32.1. The van der Waals surface area contributed by atoms with Gasteiger partial charge in [-0.25, -0.2) is 4.98 Å². The van der Waals surface area contributed by atoms with Crippen molar-refractivity contribution in [2.24, 2.45) is 7.05 Å². The normalized spacial score (nSPS) is 12.4. The van der Waals surface area contributed by atoms with Crippen LogP contribution in [0.4, 0.5) is 0 Å². The molecule has 0 aromatic carbocycles. The number of hydrogen-bond acceptors (Lipinski definition) is 5. The average molecular weight is 307 g/mol. The van der Waals surface area contributed by atoms with Gasteiger partial charge in [0.2, 0.25) is 0 Å². The van der Waals surface area contributed by atoms with Crippen molar-refractivity contribution in [3.63, 3.8) is 0 Å². The summed E-state index contributed by atoms with van der Waals surface area (Å²) < 4.78 is 1.73. The molecule has 0 bridgehead atoms. The summed E-state index contributed by atoms with van der Waals surface area (Å²) in [5.41, 5.74) is 1.69. The first-order chi connectivity index (χ1) is 10.0. The quantitative estimate of drug-likeness (QED) is 0.850. The molecule has 0 saturated heterocycles. The molecule has 0 fully saturated rings. The van der Waals surface area contributed by atoms with E-state index in [2.05, 4.69) is 20.7 Å². The Hall–Kier alpha value is -1.73. The van der Waals surface area contributed by atoms with E-state index in [1.165, 1.54) is 11.3 Å². The summed E-state index contributed by atoms with van der Waals surface area (Å²) in [7, 11) is 1.86. The molecular formula is C14H21N5OS. The average Bonchev–Trinajstić information content (AvgIpc) is 3.02. The molecule has 1 atom stereocenters. The van der Waals surface area contributed by atoms with E-state index >= 15 is 0 Å². The smallest absolute Gasteiger partial charge is 0.263 e. The molecule has 2 N–H and O–H groups in total. The fraction of sp³-hybridized carbons (Fsp3) is 0.500. The molecule has 114 valence electrons. The number of nitrogens with one attached hydrogen (secondary N) is 2. The van der Waals surface area contributed by atoms with E-state index in [-0.39, 0.29) is 11.9 Å². The van der Waals surface area contributed by atoms with Crippen LogP contribution in [0.25, 0.3) is 10.6 Å². The van der Waals surface area contributed by atoms with Gasteiger partial charge in [-0.05, 0) is 20.4 Å². The number of hydrogen-bond donors (Lipinski definition) is 2. The van der Waals surface area contributed by atoms with Crippen molar-refractivity contribution in [3.05, 3.63) is 23.0 Å². The highest BCUT2D eigenvalue weighted by Gasteiger charge is 2.17. The number of carbonyl (C=O) groups is 1. The molecule has 6 nitrogen and oxygen atoms in total. The van der Waals surface area contributed by atoms with E-state index < -0.39 is 0 Å². The maximum atomic E-state index is 12.2. The lowest BCUT2D eigenvalue weighted by atomic mass is 10.3. The number of thiazole rings is 1. The van der Waals surface area contributed by atoms with E-state index in [4.69, 9.17) is 0 Å². The molecule has 0 unspecified atom stereocenters. The molecule has 2 aromatic rings. The summed E-state index contributed by atoms with van der Waals surface area (Å²) in [4.78, 5) is 17.4. The lowest BCUT2D eigenvalue weighted by molar-refractivity contribution is 0.0953. The SMILES string of the molecule is CCN[C@H](C)CNC(=O)c1sc(-c2cnn(C)c2)nc1C. The lowest BCUT2D eigenvalue weighted by Crippen LogP contribution is -2.38. The molecule has 0 radical (unpaired) electrons. The van der Waals surface area contributed by atoms with Crippen LogP contribution in [0.3, 0.4) is 0 Å². The second kappa shape index (κ2) is 6.82. The second-order valence-electron chi connectivity index (χ2n) is 5.00. The molecule has 7 heteroatoms. The lowest BCUT2D eigenvalue weighted by Gasteiger charge is -2.12. The highest BCUT2D eigenvalue weighted by Crippen LogP contribution is 2.27. The Labute approximate surface area is 128 Å².